The molecule has 0 saturated heterocycles. The van der Waals surface area contributed by atoms with Gasteiger partial charge in [-0.25, -0.2) is 0 Å². The second-order valence-electron chi connectivity index (χ2n) is 3.88. The van der Waals surface area contributed by atoms with Crippen molar-refractivity contribution >= 4 is 5.69 Å². The van der Waals surface area contributed by atoms with Crippen LogP contribution in [0.1, 0.15) is 19.5 Å². The highest BCUT2D eigenvalue weighted by atomic mass is 16.3. The first-order valence-electron chi connectivity index (χ1n) is 5.20. The molecule has 0 aliphatic carbocycles. The van der Waals surface area contributed by atoms with Gasteiger partial charge in [0.1, 0.15) is 0 Å². The van der Waals surface area contributed by atoms with Gasteiger partial charge in [-0.1, -0.05) is 13.8 Å². The number of hydrogen-bond donors (Lipinski definition) is 3. The minimum absolute atomic E-state index is 0.0412. The molecule has 4 nitrogen and oxygen atoms in total. The molecule has 0 spiro atoms. The second kappa shape index (κ2) is 5.68. The van der Waals surface area contributed by atoms with Crippen LogP contribution in [-0.2, 0) is 6.54 Å². The predicted molar refractivity (Wildman–Crippen MR) is 61.5 cm³/mol. The molecule has 15 heavy (non-hydrogen) atoms. The summed E-state index contributed by atoms with van der Waals surface area (Å²) in [6, 6.07) is 3.83. The summed E-state index contributed by atoms with van der Waals surface area (Å²) >= 11 is 0. The largest absolute Gasteiger partial charge is 0.394 e. The molecule has 0 radical (unpaired) electrons. The zero-order valence-electron chi connectivity index (χ0n) is 9.27. The number of nitrogens with zero attached hydrogens (tertiary/aromatic N) is 1. The van der Waals surface area contributed by atoms with E-state index in [-0.39, 0.29) is 12.6 Å². The Kier molecular flexibility index (Phi) is 4.52. The first kappa shape index (κ1) is 11.9. The highest BCUT2D eigenvalue weighted by Gasteiger charge is 2.13. The number of nitrogens with two attached hydrogens (primary N) is 1. The van der Waals surface area contributed by atoms with Crippen LogP contribution in [0.3, 0.4) is 0 Å². The van der Waals surface area contributed by atoms with Crippen molar-refractivity contribution in [3.63, 3.8) is 0 Å². The van der Waals surface area contributed by atoms with Gasteiger partial charge in [0.2, 0.25) is 0 Å². The first-order valence-corrected chi connectivity index (χ1v) is 5.20. The lowest BCUT2D eigenvalue weighted by atomic mass is 10.0. The molecule has 4 N–H and O–H groups in total. The summed E-state index contributed by atoms with van der Waals surface area (Å²) in [5, 5.41) is 12.5. The van der Waals surface area contributed by atoms with Gasteiger partial charge in [0, 0.05) is 12.7 Å². The molecule has 0 bridgehead atoms. The van der Waals surface area contributed by atoms with Gasteiger partial charge in [0.25, 0.3) is 0 Å². The van der Waals surface area contributed by atoms with Crippen molar-refractivity contribution < 1.29 is 5.11 Å². The number of pyridine rings is 1. The summed E-state index contributed by atoms with van der Waals surface area (Å²) in [5.41, 5.74) is 7.32. The fourth-order valence-electron chi connectivity index (χ4n) is 1.35. The third kappa shape index (κ3) is 3.18. The van der Waals surface area contributed by atoms with E-state index < -0.39 is 0 Å². The van der Waals surface area contributed by atoms with Gasteiger partial charge in [0.15, 0.2) is 0 Å². The highest BCUT2D eigenvalue weighted by Crippen LogP contribution is 2.15. The molecule has 1 atom stereocenters. The van der Waals surface area contributed by atoms with Crippen molar-refractivity contribution in [3.05, 3.63) is 24.0 Å². The molecule has 0 fully saturated rings. The highest BCUT2D eigenvalue weighted by molar-refractivity contribution is 5.48. The number of nitrogens with one attached hydrogen (secondary N) is 1. The lowest BCUT2D eigenvalue weighted by molar-refractivity contribution is 0.249. The minimum Gasteiger partial charge on any atom is -0.394 e. The molecule has 1 heterocycles. The average Bonchev–Trinajstić information content (AvgIpc) is 2.25. The summed E-state index contributed by atoms with van der Waals surface area (Å²) in [4.78, 5) is 4.17. The normalized spacial score (nSPS) is 12.9. The van der Waals surface area contributed by atoms with Crippen molar-refractivity contribution in [1.82, 2.24) is 4.98 Å². The van der Waals surface area contributed by atoms with Gasteiger partial charge in [-0.05, 0) is 18.1 Å². The number of aromatic nitrogens is 1. The van der Waals surface area contributed by atoms with E-state index >= 15 is 0 Å². The van der Waals surface area contributed by atoms with E-state index in [0.717, 1.165) is 11.4 Å². The van der Waals surface area contributed by atoms with E-state index in [1.807, 2.05) is 12.1 Å². The average molecular weight is 209 g/mol. The topological polar surface area (TPSA) is 71.2 Å². The summed E-state index contributed by atoms with van der Waals surface area (Å²) < 4.78 is 0. The Bertz CT molecular complexity index is 302. The number of hydrogen-bond acceptors (Lipinski definition) is 4. The van der Waals surface area contributed by atoms with Crippen LogP contribution in [0.15, 0.2) is 18.3 Å². The Morgan fingerprint density at radius 2 is 2.27 bits per heavy atom. The van der Waals surface area contributed by atoms with Crippen LogP contribution in [0.25, 0.3) is 0 Å². The van der Waals surface area contributed by atoms with Gasteiger partial charge in [-0.2, -0.15) is 0 Å². The van der Waals surface area contributed by atoms with Gasteiger partial charge in [-0.15, -0.1) is 0 Å². The predicted octanol–water partition coefficient (Wildman–Crippen LogP) is 0.969. The van der Waals surface area contributed by atoms with Gasteiger partial charge >= 0.3 is 0 Å². The summed E-state index contributed by atoms with van der Waals surface area (Å²) in [5.74, 6) is 0.362. The number of aliphatic hydroxyl groups is 1. The molecular weight excluding hydrogens is 190 g/mol. The van der Waals surface area contributed by atoms with Crippen molar-refractivity contribution in [2.75, 3.05) is 11.9 Å². The standard InChI is InChI=1S/C11H19N3O/c1-8(2)11(7-15)14-9-4-3-5-13-10(9)6-12/h3-5,8,11,14-15H,6-7,12H2,1-2H3. The van der Waals surface area contributed by atoms with Crippen LogP contribution in [0, 0.1) is 5.92 Å². The van der Waals surface area contributed by atoms with Crippen LogP contribution in [-0.4, -0.2) is 22.7 Å². The maximum atomic E-state index is 9.21. The number of rotatable bonds is 5. The summed E-state index contributed by atoms with van der Waals surface area (Å²) in [7, 11) is 0. The van der Waals surface area contributed by atoms with Gasteiger partial charge < -0.3 is 16.2 Å². The number of anilines is 1. The zero-order chi connectivity index (χ0) is 11.3. The van der Waals surface area contributed by atoms with Crippen molar-refractivity contribution in [2.24, 2.45) is 11.7 Å². The third-order valence-electron chi connectivity index (χ3n) is 2.43. The van der Waals surface area contributed by atoms with Crippen LogP contribution >= 0.6 is 0 Å². The van der Waals surface area contributed by atoms with Crippen molar-refractivity contribution in [2.45, 2.75) is 26.4 Å². The molecule has 0 aliphatic heterocycles. The van der Waals surface area contributed by atoms with Crippen LogP contribution in [0.2, 0.25) is 0 Å². The Balaban J connectivity index is 2.78. The lowest BCUT2D eigenvalue weighted by Gasteiger charge is -2.22. The zero-order valence-corrected chi connectivity index (χ0v) is 9.27. The van der Waals surface area contributed by atoms with Crippen LogP contribution in [0.4, 0.5) is 5.69 Å². The van der Waals surface area contributed by atoms with E-state index in [9.17, 15) is 5.11 Å². The van der Waals surface area contributed by atoms with Crippen molar-refractivity contribution in [1.29, 1.82) is 0 Å². The molecule has 0 saturated carbocycles. The molecule has 1 unspecified atom stereocenters. The van der Waals surface area contributed by atoms with Crippen LogP contribution in [0.5, 0.6) is 0 Å². The van der Waals surface area contributed by atoms with Gasteiger partial charge in [-0.3, -0.25) is 4.98 Å². The number of aliphatic hydroxyl groups excluding tert-OH is 1. The van der Waals surface area contributed by atoms with E-state index in [1.165, 1.54) is 0 Å². The maximum Gasteiger partial charge on any atom is 0.0770 e. The Morgan fingerprint density at radius 3 is 2.80 bits per heavy atom. The monoisotopic (exact) mass is 209 g/mol. The quantitative estimate of drug-likeness (QED) is 0.675. The lowest BCUT2D eigenvalue weighted by Crippen LogP contribution is -2.30. The molecule has 4 heteroatoms. The van der Waals surface area contributed by atoms with E-state index in [4.69, 9.17) is 5.73 Å². The maximum absolute atomic E-state index is 9.21. The van der Waals surface area contributed by atoms with E-state index in [2.05, 4.69) is 24.1 Å². The molecule has 1 aromatic rings. The molecular formula is C11H19N3O. The second-order valence-corrected chi connectivity index (χ2v) is 3.88. The third-order valence-corrected chi connectivity index (χ3v) is 2.43. The SMILES string of the molecule is CC(C)C(CO)Nc1cccnc1CN. The fourth-order valence-corrected chi connectivity index (χ4v) is 1.35. The van der Waals surface area contributed by atoms with E-state index in [1.54, 1.807) is 6.20 Å². The Morgan fingerprint density at radius 1 is 1.53 bits per heavy atom. The molecule has 0 amide bonds. The molecule has 0 aromatic carbocycles. The van der Waals surface area contributed by atoms with Crippen molar-refractivity contribution in [3.8, 4) is 0 Å². The molecule has 1 rings (SSSR count). The Labute approximate surface area is 90.5 Å². The fraction of sp³-hybridized carbons (Fsp3) is 0.545. The summed E-state index contributed by atoms with van der Waals surface area (Å²) in [6.45, 7) is 4.63. The van der Waals surface area contributed by atoms with Gasteiger partial charge in [0.05, 0.1) is 24.0 Å². The Hall–Kier alpha value is -1.13. The van der Waals surface area contributed by atoms with Crippen LogP contribution < -0.4 is 11.1 Å². The first-order chi connectivity index (χ1) is 7.19. The minimum atomic E-state index is 0.0412. The molecule has 1 aromatic heterocycles. The molecule has 0 aliphatic rings. The summed E-state index contributed by atoms with van der Waals surface area (Å²) in [6.07, 6.45) is 1.72. The smallest absolute Gasteiger partial charge is 0.0770 e. The van der Waals surface area contributed by atoms with E-state index in [0.29, 0.717) is 12.5 Å². The molecule has 84 valence electrons.